The van der Waals surface area contributed by atoms with E-state index >= 15 is 0 Å². The summed E-state index contributed by atoms with van der Waals surface area (Å²) in [6.07, 6.45) is 1.87. The predicted molar refractivity (Wildman–Crippen MR) is 102 cm³/mol. The summed E-state index contributed by atoms with van der Waals surface area (Å²) in [6.45, 7) is 2.23. The lowest BCUT2D eigenvalue weighted by Gasteiger charge is -2.15. The molecular weight excluding hydrogens is 346 g/mol. The van der Waals surface area contributed by atoms with E-state index in [2.05, 4.69) is 19.9 Å². The third-order valence-corrected chi connectivity index (χ3v) is 4.55. The van der Waals surface area contributed by atoms with Crippen molar-refractivity contribution in [2.45, 2.75) is 31.7 Å². The molecule has 3 heterocycles. The van der Waals surface area contributed by atoms with E-state index in [0.29, 0.717) is 23.4 Å². The molecule has 3 unspecified atom stereocenters. The number of aromatic amines is 1. The second-order valence-corrected chi connectivity index (χ2v) is 6.74. The number of anilines is 1. The molecule has 0 amide bonds. The number of imidazole rings is 1. The SMILES string of the molecule is Cc1ccc(/C=C/c2nc3nc(C(O)C4CC(O)CO4)nc(N)c3[nH]2)cc1. The van der Waals surface area contributed by atoms with Crippen LogP contribution < -0.4 is 5.73 Å². The normalized spacial score (nSPS) is 21.3. The Morgan fingerprint density at radius 2 is 2.00 bits per heavy atom. The summed E-state index contributed by atoms with van der Waals surface area (Å²) < 4.78 is 5.37. The van der Waals surface area contributed by atoms with Crippen molar-refractivity contribution in [2.24, 2.45) is 0 Å². The molecule has 1 aliphatic rings. The molecule has 8 nitrogen and oxygen atoms in total. The molecule has 0 saturated carbocycles. The minimum Gasteiger partial charge on any atom is -0.391 e. The van der Waals surface area contributed by atoms with Crippen LogP contribution in [0, 0.1) is 6.92 Å². The van der Waals surface area contributed by atoms with Gasteiger partial charge >= 0.3 is 0 Å². The molecule has 3 atom stereocenters. The number of nitrogens with two attached hydrogens (primary N) is 1. The number of nitrogens with zero attached hydrogens (tertiary/aromatic N) is 3. The standard InChI is InChI=1S/C19H21N5O3/c1-10-2-4-11(5-3-10)6-7-14-21-15-17(20)23-19(24-18(15)22-14)16(26)13-8-12(25)9-27-13/h2-7,12-13,16,25-26H,8-9H2,1H3,(H3,20,21,22,23,24)/b7-6+. The predicted octanol–water partition coefficient (Wildman–Crippen LogP) is 1.60. The quantitative estimate of drug-likeness (QED) is 0.551. The number of aliphatic hydroxyl groups excluding tert-OH is 2. The molecule has 1 aromatic carbocycles. The molecule has 4 rings (SSSR count). The van der Waals surface area contributed by atoms with E-state index in [-0.39, 0.29) is 18.2 Å². The molecule has 1 aliphatic heterocycles. The van der Waals surface area contributed by atoms with E-state index in [1.165, 1.54) is 5.56 Å². The van der Waals surface area contributed by atoms with Crippen molar-refractivity contribution in [3.63, 3.8) is 0 Å². The first kappa shape index (κ1) is 17.6. The van der Waals surface area contributed by atoms with Crippen molar-refractivity contribution >= 4 is 29.1 Å². The molecule has 0 aliphatic carbocycles. The van der Waals surface area contributed by atoms with Crippen LogP contribution in [-0.2, 0) is 4.74 Å². The summed E-state index contributed by atoms with van der Waals surface area (Å²) in [4.78, 5) is 16.0. The molecule has 3 aromatic rings. The highest BCUT2D eigenvalue weighted by Crippen LogP contribution is 2.27. The minimum atomic E-state index is -1.07. The number of aromatic nitrogens is 4. The van der Waals surface area contributed by atoms with Crippen molar-refractivity contribution in [3.05, 3.63) is 47.0 Å². The third kappa shape index (κ3) is 3.68. The zero-order valence-electron chi connectivity index (χ0n) is 14.8. The fourth-order valence-electron chi connectivity index (χ4n) is 3.04. The Morgan fingerprint density at radius 3 is 2.70 bits per heavy atom. The summed E-state index contributed by atoms with van der Waals surface area (Å²) in [5.41, 5.74) is 9.15. The summed E-state index contributed by atoms with van der Waals surface area (Å²) in [5, 5.41) is 20.0. The van der Waals surface area contributed by atoms with Crippen LogP contribution in [0.15, 0.2) is 24.3 Å². The summed E-state index contributed by atoms with van der Waals surface area (Å²) in [7, 11) is 0. The van der Waals surface area contributed by atoms with Gasteiger partial charge in [0.15, 0.2) is 17.3 Å². The molecule has 27 heavy (non-hydrogen) atoms. The van der Waals surface area contributed by atoms with E-state index in [1.807, 2.05) is 43.3 Å². The fourth-order valence-corrected chi connectivity index (χ4v) is 3.04. The molecule has 140 valence electrons. The van der Waals surface area contributed by atoms with Gasteiger partial charge in [-0.15, -0.1) is 0 Å². The molecule has 0 radical (unpaired) electrons. The van der Waals surface area contributed by atoms with E-state index in [1.54, 1.807) is 0 Å². The minimum absolute atomic E-state index is 0.139. The van der Waals surface area contributed by atoms with Gasteiger partial charge in [-0.25, -0.2) is 15.0 Å². The van der Waals surface area contributed by atoms with Crippen molar-refractivity contribution in [1.29, 1.82) is 0 Å². The van der Waals surface area contributed by atoms with Crippen LogP contribution in [0.4, 0.5) is 5.82 Å². The number of hydrogen-bond donors (Lipinski definition) is 4. The molecular formula is C19H21N5O3. The number of H-pyrrole nitrogens is 1. The van der Waals surface area contributed by atoms with Crippen molar-refractivity contribution in [3.8, 4) is 0 Å². The Labute approximate surface area is 155 Å². The maximum atomic E-state index is 10.4. The molecule has 5 N–H and O–H groups in total. The maximum Gasteiger partial charge on any atom is 0.183 e. The Hall–Kier alpha value is -2.81. The van der Waals surface area contributed by atoms with Crippen LogP contribution in [0.5, 0.6) is 0 Å². The summed E-state index contributed by atoms with van der Waals surface area (Å²) in [6, 6.07) is 8.12. The Bertz CT molecular complexity index is 983. The van der Waals surface area contributed by atoms with Gasteiger partial charge in [0.1, 0.15) is 17.4 Å². The van der Waals surface area contributed by atoms with Crippen LogP contribution in [0.1, 0.15) is 35.3 Å². The number of ether oxygens (including phenoxy) is 1. The van der Waals surface area contributed by atoms with Gasteiger partial charge in [-0.05, 0) is 18.6 Å². The van der Waals surface area contributed by atoms with Gasteiger partial charge in [-0.3, -0.25) is 0 Å². The number of hydrogen-bond acceptors (Lipinski definition) is 7. The molecule has 1 saturated heterocycles. The average molecular weight is 367 g/mol. The molecule has 0 spiro atoms. The molecule has 0 bridgehead atoms. The van der Waals surface area contributed by atoms with Gasteiger partial charge in [0.05, 0.1) is 18.8 Å². The van der Waals surface area contributed by atoms with E-state index in [0.717, 1.165) is 5.56 Å². The fraction of sp³-hybridized carbons (Fsp3) is 0.316. The van der Waals surface area contributed by atoms with Crippen LogP contribution in [0.3, 0.4) is 0 Å². The van der Waals surface area contributed by atoms with Gasteiger partial charge < -0.3 is 25.7 Å². The summed E-state index contributed by atoms with van der Waals surface area (Å²) in [5.74, 6) is 0.931. The number of nitrogen functional groups attached to an aromatic ring is 1. The number of aryl methyl sites for hydroxylation is 1. The zero-order valence-corrected chi connectivity index (χ0v) is 14.8. The van der Waals surface area contributed by atoms with Gasteiger partial charge in [-0.2, -0.15) is 0 Å². The largest absolute Gasteiger partial charge is 0.391 e. The lowest BCUT2D eigenvalue weighted by Crippen LogP contribution is -2.20. The first-order valence-electron chi connectivity index (χ1n) is 8.75. The monoisotopic (exact) mass is 367 g/mol. The number of fused-ring (bicyclic) bond motifs is 1. The Morgan fingerprint density at radius 1 is 1.22 bits per heavy atom. The van der Waals surface area contributed by atoms with Crippen LogP contribution >= 0.6 is 0 Å². The van der Waals surface area contributed by atoms with E-state index in [4.69, 9.17) is 10.5 Å². The lowest BCUT2D eigenvalue weighted by atomic mass is 10.1. The van der Waals surface area contributed by atoms with Crippen molar-refractivity contribution < 1.29 is 14.9 Å². The smallest absolute Gasteiger partial charge is 0.183 e. The van der Waals surface area contributed by atoms with Crippen LogP contribution in [0.25, 0.3) is 23.3 Å². The maximum absolute atomic E-state index is 10.4. The molecule has 2 aromatic heterocycles. The van der Waals surface area contributed by atoms with Gasteiger partial charge in [-0.1, -0.05) is 35.9 Å². The second-order valence-electron chi connectivity index (χ2n) is 6.74. The molecule has 8 heteroatoms. The highest BCUT2D eigenvalue weighted by molar-refractivity contribution is 5.83. The highest BCUT2D eigenvalue weighted by atomic mass is 16.5. The van der Waals surface area contributed by atoms with E-state index < -0.39 is 18.3 Å². The lowest BCUT2D eigenvalue weighted by molar-refractivity contribution is -0.00843. The Kier molecular flexibility index (Phi) is 4.61. The van der Waals surface area contributed by atoms with Crippen molar-refractivity contribution in [1.82, 2.24) is 19.9 Å². The van der Waals surface area contributed by atoms with Gasteiger partial charge in [0, 0.05) is 6.42 Å². The summed E-state index contributed by atoms with van der Waals surface area (Å²) >= 11 is 0. The van der Waals surface area contributed by atoms with Crippen LogP contribution in [0.2, 0.25) is 0 Å². The number of rotatable bonds is 4. The number of aliphatic hydroxyl groups is 2. The van der Waals surface area contributed by atoms with Gasteiger partial charge in [0.25, 0.3) is 0 Å². The molecule has 1 fully saturated rings. The topological polar surface area (TPSA) is 130 Å². The number of benzene rings is 1. The van der Waals surface area contributed by atoms with Crippen LogP contribution in [-0.4, -0.2) is 49.0 Å². The number of nitrogens with one attached hydrogen (secondary N) is 1. The van der Waals surface area contributed by atoms with Gasteiger partial charge in [0.2, 0.25) is 0 Å². The Balaban J connectivity index is 1.60. The van der Waals surface area contributed by atoms with E-state index in [9.17, 15) is 10.2 Å². The average Bonchev–Trinajstić information content (AvgIpc) is 3.27. The van der Waals surface area contributed by atoms with Crippen molar-refractivity contribution in [2.75, 3.05) is 12.3 Å². The zero-order chi connectivity index (χ0) is 19.0. The highest BCUT2D eigenvalue weighted by Gasteiger charge is 2.32. The third-order valence-electron chi connectivity index (χ3n) is 4.55. The first-order chi connectivity index (χ1) is 13.0. The second kappa shape index (κ2) is 7.07. The first-order valence-corrected chi connectivity index (χ1v) is 8.75.